The minimum Gasteiger partial charge on any atom is -0.335 e. The van der Waals surface area contributed by atoms with E-state index in [4.69, 9.17) is 17.4 Å². The maximum atomic E-state index is 12.2. The number of nitrogens with zero attached hydrogens (tertiary/aromatic N) is 3. The number of aromatic nitrogens is 3. The number of aryl methyl sites for hydroxylation is 1. The van der Waals surface area contributed by atoms with Crippen LogP contribution in [0.4, 0.5) is 5.69 Å². The minimum absolute atomic E-state index is 0.0875. The Morgan fingerprint density at radius 3 is 2.52 bits per heavy atom. The Bertz CT molecular complexity index is 1060. The number of carbonyl (C=O) groups excluding carboxylic acids is 1. The van der Waals surface area contributed by atoms with Crippen LogP contribution in [-0.4, -0.2) is 31.6 Å². The van der Waals surface area contributed by atoms with Crippen LogP contribution < -0.4 is 11.2 Å². The Morgan fingerprint density at radius 2 is 1.87 bits per heavy atom. The highest BCUT2D eigenvalue weighted by molar-refractivity contribution is 8.16. The monoisotopic (exact) mass is 475 g/mol. The average Bonchev–Trinajstić information content (AvgIpc) is 3.07. The van der Waals surface area contributed by atoms with Gasteiger partial charge >= 0.3 is 0 Å². The Labute approximate surface area is 196 Å². The summed E-state index contributed by atoms with van der Waals surface area (Å²) in [6.45, 7) is 8.48. The zero-order chi connectivity index (χ0) is 22.6. The third kappa shape index (κ3) is 6.18. The predicted molar refractivity (Wildman–Crippen MR) is 132 cm³/mol. The molecule has 1 heterocycles. The fourth-order valence-electron chi connectivity index (χ4n) is 2.83. The van der Waals surface area contributed by atoms with Gasteiger partial charge in [0.15, 0.2) is 5.82 Å². The molecule has 2 aromatic carbocycles. The maximum Gasteiger partial charge on any atom is 0.234 e. The molecule has 0 aliphatic rings. The molecule has 3 N–H and O–H groups in total. The largest absolute Gasteiger partial charge is 0.335 e. The van der Waals surface area contributed by atoms with Crippen molar-refractivity contribution in [1.29, 1.82) is 0 Å². The maximum absolute atomic E-state index is 12.2. The van der Waals surface area contributed by atoms with Crippen LogP contribution in [0.25, 0.3) is 11.4 Å². The molecule has 0 spiro atoms. The van der Waals surface area contributed by atoms with Gasteiger partial charge in [-0.2, -0.15) is 0 Å². The van der Waals surface area contributed by atoms with E-state index in [0.717, 1.165) is 11.1 Å². The highest BCUT2D eigenvalue weighted by Gasteiger charge is 2.16. The van der Waals surface area contributed by atoms with Crippen LogP contribution in [0.15, 0.2) is 47.6 Å². The van der Waals surface area contributed by atoms with Crippen LogP contribution in [0.1, 0.15) is 31.9 Å². The number of nitrogen functional groups attached to an aromatic ring is 1. The third-order valence-electron chi connectivity index (χ3n) is 4.58. The second-order valence-corrected chi connectivity index (χ2v) is 10.8. The Balaban J connectivity index is 1.51. The number of nitrogens with two attached hydrogens (primary N) is 1. The number of hydrogen-bond acceptors (Lipinski definition) is 6. The van der Waals surface area contributed by atoms with E-state index in [1.54, 1.807) is 6.07 Å². The summed E-state index contributed by atoms with van der Waals surface area (Å²) in [4.78, 5) is 12.2. The SMILES string of the molecule is Cc1ccc(NC(=O)CSCSc2nnc(-c3ccc(C(C)(C)C)cc3)n2N)c(Cl)c1. The molecule has 6 nitrogen and oxygen atoms in total. The van der Waals surface area contributed by atoms with Crippen molar-refractivity contribution in [2.24, 2.45) is 0 Å². The van der Waals surface area contributed by atoms with Crippen molar-refractivity contribution in [3.8, 4) is 11.4 Å². The summed E-state index contributed by atoms with van der Waals surface area (Å²) in [7, 11) is 0. The summed E-state index contributed by atoms with van der Waals surface area (Å²) >= 11 is 9.08. The quantitative estimate of drug-likeness (QED) is 0.207. The van der Waals surface area contributed by atoms with Gasteiger partial charge in [0.1, 0.15) is 0 Å². The highest BCUT2D eigenvalue weighted by Crippen LogP contribution is 2.28. The summed E-state index contributed by atoms with van der Waals surface area (Å²) in [5.74, 6) is 7.01. The molecular weight excluding hydrogens is 450 g/mol. The standard InChI is InChI=1S/C22H26ClN5OS2/c1-14-5-10-18(17(23)11-14)25-19(29)12-30-13-31-21-27-26-20(28(21)24)15-6-8-16(9-7-15)22(2,3)4/h5-11H,12-13,24H2,1-4H3,(H,25,29). The van der Waals surface area contributed by atoms with E-state index in [1.165, 1.54) is 33.8 Å². The molecule has 0 unspecified atom stereocenters. The fraction of sp³-hybridized carbons (Fsp3) is 0.318. The van der Waals surface area contributed by atoms with Crippen molar-refractivity contribution >= 4 is 46.7 Å². The van der Waals surface area contributed by atoms with Crippen LogP contribution in [-0.2, 0) is 10.2 Å². The Kier molecular flexibility index (Phi) is 7.56. The summed E-state index contributed by atoms with van der Waals surface area (Å²) in [5.41, 5.74) is 3.91. The van der Waals surface area contributed by atoms with Crippen LogP contribution in [0.2, 0.25) is 5.02 Å². The second-order valence-electron chi connectivity index (χ2n) is 8.15. The molecule has 0 fully saturated rings. The van der Waals surface area contributed by atoms with E-state index in [1.807, 2.05) is 31.2 Å². The molecule has 0 aliphatic carbocycles. The molecule has 0 radical (unpaired) electrons. The van der Waals surface area contributed by atoms with Gasteiger partial charge in [-0.05, 0) is 35.6 Å². The lowest BCUT2D eigenvalue weighted by molar-refractivity contribution is -0.113. The van der Waals surface area contributed by atoms with E-state index >= 15 is 0 Å². The lowest BCUT2D eigenvalue weighted by Crippen LogP contribution is -2.15. The molecule has 0 saturated carbocycles. The van der Waals surface area contributed by atoms with Crippen molar-refractivity contribution in [3.05, 3.63) is 58.6 Å². The first-order valence-electron chi connectivity index (χ1n) is 9.73. The average molecular weight is 476 g/mol. The number of thioether (sulfide) groups is 2. The van der Waals surface area contributed by atoms with Gasteiger partial charge in [-0.1, -0.05) is 74.5 Å². The van der Waals surface area contributed by atoms with Gasteiger partial charge in [0.05, 0.1) is 16.5 Å². The number of amides is 1. The van der Waals surface area contributed by atoms with Crippen molar-refractivity contribution in [2.45, 2.75) is 38.3 Å². The van der Waals surface area contributed by atoms with Gasteiger partial charge in [0.25, 0.3) is 0 Å². The zero-order valence-corrected chi connectivity index (χ0v) is 20.4. The molecule has 3 rings (SSSR count). The zero-order valence-electron chi connectivity index (χ0n) is 18.0. The van der Waals surface area contributed by atoms with Crippen molar-refractivity contribution in [3.63, 3.8) is 0 Å². The summed E-state index contributed by atoms with van der Waals surface area (Å²) in [5, 5.41) is 13.0. The van der Waals surface area contributed by atoms with E-state index in [9.17, 15) is 4.79 Å². The first-order valence-corrected chi connectivity index (χ1v) is 12.2. The summed E-state index contributed by atoms with van der Waals surface area (Å²) < 4.78 is 1.49. The lowest BCUT2D eigenvalue weighted by Gasteiger charge is -2.19. The van der Waals surface area contributed by atoms with Gasteiger partial charge in [-0.25, -0.2) is 4.68 Å². The molecule has 9 heteroatoms. The topological polar surface area (TPSA) is 85.8 Å². The Morgan fingerprint density at radius 1 is 1.16 bits per heavy atom. The number of carbonyl (C=O) groups is 1. The molecule has 31 heavy (non-hydrogen) atoms. The number of nitrogens with one attached hydrogen (secondary N) is 1. The van der Waals surface area contributed by atoms with Gasteiger partial charge in [0, 0.05) is 10.6 Å². The number of hydrogen-bond donors (Lipinski definition) is 2. The first-order chi connectivity index (χ1) is 14.6. The smallest absolute Gasteiger partial charge is 0.234 e. The number of anilines is 1. The molecule has 1 aromatic heterocycles. The van der Waals surface area contributed by atoms with Crippen LogP contribution >= 0.6 is 35.1 Å². The van der Waals surface area contributed by atoms with Gasteiger partial charge in [-0.15, -0.1) is 22.0 Å². The summed E-state index contributed by atoms with van der Waals surface area (Å²) in [6, 6.07) is 13.7. The molecule has 0 aliphatic heterocycles. The van der Waals surface area contributed by atoms with Crippen LogP contribution in [0.3, 0.4) is 0 Å². The van der Waals surface area contributed by atoms with E-state index < -0.39 is 0 Å². The lowest BCUT2D eigenvalue weighted by atomic mass is 9.87. The fourth-order valence-corrected chi connectivity index (χ4v) is 4.78. The molecule has 1 amide bonds. The molecular formula is C22H26ClN5OS2. The van der Waals surface area contributed by atoms with Crippen LogP contribution in [0.5, 0.6) is 0 Å². The molecule has 0 atom stereocenters. The molecule has 0 saturated heterocycles. The normalized spacial score (nSPS) is 11.5. The first kappa shape index (κ1) is 23.5. The van der Waals surface area contributed by atoms with Crippen molar-refractivity contribution in [2.75, 3.05) is 22.0 Å². The van der Waals surface area contributed by atoms with E-state index in [0.29, 0.717) is 32.5 Å². The Hall–Kier alpha value is -2.16. The molecule has 3 aromatic rings. The minimum atomic E-state index is -0.106. The van der Waals surface area contributed by atoms with Gasteiger partial charge in [0.2, 0.25) is 11.1 Å². The second kappa shape index (κ2) is 9.97. The van der Waals surface area contributed by atoms with Gasteiger partial charge in [-0.3, -0.25) is 4.79 Å². The van der Waals surface area contributed by atoms with E-state index in [2.05, 4.69) is 48.4 Å². The van der Waals surface area contributed by atoms with Crippen molar-refractivity contribution < 1.29 is 4.79 Å². The third-order valence-corrected chi connectivity index (χ3v) is 7.03. The summed E-state index contributed by atoms with van der Waals surface area (Å²) in [6.07, 6.45) is 0. The van der Waals surface area contributed by atoms with Gasteiger partial charge < -0.3 is 11.2 Å². The molecule has 0 bridgehead atoms. The predicted octanol–water partition coefficient (Wildman–Crippen LogP) is 5.34. The van der Waals surface area contributed by atoms with Crippen molar-refractivity contribution in [1.82, 2.24) is 14.9 Å². The van der Waals surface area contributed by atoms with E-state index in [-0.39, 0.29) is 11.3 Å². The highest BCUT2D eigenvalue weighted by atomic mass is 35.5. The number of benzene rings is 2. The molecule has 164 valence electrons. The number of halogens is 1. The van der Waals surface area contributed by atoms with Crippen LogP contribution in [0, 0.1) is 6.92 Å². The number of rotatable bonds is 7.